The number of carbonyl (C=O) groups is 2. The van der Waals surface area contributed by atoms with Gasteiger partial charge < -0.3 is 19.1 Å². The Kier molecular flexibility index (Phi) is 8.07. The van der Waals surface area contributed by atoms with Crippen LogP contribution >= 0.6 is 11.3 Å². The minimum Gasteiger partial charge on any atom is -0.497 e. The predicted molar refractivity (Wildman–Crippen MR) is 141 cm³/mol. The van der Waals surface area contributed by atoms with Crippen LogP contribution in [-0.2, 0) is 14.3 Å². The van der Waals surface area contributed by atoms with Crippen molar-refractivity contribution in [3.05, 3.63) is 46.2 Å². The highest BCUT2D eigenvalue weighted by Gasteiger charge is 2.39. The number of thiophene rings is 1. The third-order valence-corrected chi connectivity index (χ3v) is 8.04. The van der Waals surface area contributed by atoms with Crippen molar-refractivity contribution in [2.24, 2.45) is 11.0 Å². The maximum Gasteiger partial charge on any atom is 0.262 e. The fourth-order valence-electron chi connectivity index (χ4n) is 4.85. The average molecular weight is 527 g/mol. The van der Waals surface area contributed by atoms with E-state index in [9.17, 15) is 9.59 Å². The molecule has 9 nitrogen and oxygen atoms in total. The SMILES string of the molecule is COc1ccc(OC)c([C@@H]2CC(c3cccs3)=NN2C(=O)CN(CCN2CCOCC2)C(=O)C2CC2)c1. The molecule has 0 N–H and O–H groups in total. The first-order valence-corrected chi connectivity index (χ1v) is 13.7. The van der Waals surface area contributed by atoms with E-state index < -0.39 is 0 Å². The Morgan fingerprint density at radius 3 is 2.65 bits per heavy atom. The van der Waals surface area contributed by atoms with Gasteiger partial charge in [0.25, 0.3) is 5.91 Å². The van der Waals surface area contributed by atoms with E-state index in [0.717, 1.165) is 48.6 Å². The number of amides is 2. The molecule has 5 rings (SSSR count). The van der Waals surface area contributed by atoms with Crippen LogP contribution in [0, 0.1) is 5.92 Å². The Balaban J connectivity index is 1.39. The van der Waals surface area contributed by atoms with Crippen LogP contribution in [0.4, 0.5) is 0 Å². The number of hydrazone groups is 1. The van der Waals surface area contributed by atoms with Gasteiger partial charge >= 0.3 is 0 Å². The number of rotatable bonds is 10. The number of carbonyl (C=O) groups excluding carboxylic acids is 2. The van der Waals surface area contributed by atoms with Crippen molar-refractivity contribution in [1.82, 2.24) is 14.8 Å². The number of hydrogen-bond acceptors (Lipinski definition) is 8. The second kappa shape index (κ2) is 11.6. The maximum absolute atomic E-state index is 13.8. The van der Waals surface area contributed by atoms with Crippen LogP contribution in [0.5, 0.6) is 11.5 Å². The van der Waals surface area contributed by atoms with Gasteiger partial charge in [-0.05, 0) is 42.5 Å². The van der Waals surface area contributed by atoms with Gasteiger partial charge in [-0.3, -0.25) is 14.5 Å². The molecule has 0 bridgehead atoms. The molecule has 0 spiro atoms. The zero-order valence-corrected chi connectivity index (χ0v) is 22.2. The summed E-state index contributed by atoms with van der Waals surface area (Å²) in [5.41, 5.74) is 1.69. The highest BCUT2D eigenvalue weighted by atomic mass is 32.1. The molecule has 2 aromatic rings. The minimum atomic E-state index is -0.355. The van der Waals surface area contributed by atoms with E-state index in [1.165, 1.54) is 0 Å². The fourth-order valence-corrected chi connectivity index (χ4v) is 5.57. The summed E-state index contributed by atoms with van der Waals surface area (Å²) in [6.45, 7) is 4.34. The van der Waals surface area contributed by atoms with Crippen molar-refractivity contribution in [3.8, 4) is 11.5 Å². The lowest BCUT2D eigenvalue weighted by Crippen LogP contribution is -2.47. The van der Waals surface area contributed by atoms with Gasteiger partial charge in [-0.1, -0.05) is 6.07 Å². The van der Waals surface area contributed by atoms with E-state index in [1.54, 1.807) is 35.5 Å². The lowest BCUT2D eigenvalue weighted by molar-refractivity contribution is -0.142. The number of methoxy groups -OCH3 is 2. The van der Waals surface area contributed by atoms with Crippen molar-refractivity contribution in [3.63, 3.8) is 0 Å². The highest BCUT2D eigenvalue weighted by Crippen LogP contribution is 2.40. The zero-order valence-electron chi connectivity index (χ0n) is 21.4. The van der Waals surface area contributed by atoms with E-state index in [1.807, 2.05) is 35.7 Å². The van der Waals surface area contributed by atoms with Crippen LogP contribution in [0.1, 0.15) is 35.7 Å². The summed E-state index contributed by atoms with van der Waals surface area (Å²) in [6, 6.07) is 9.24. The van der Waals surface area contributed by atoms with Gasteiger partial charge in [0.2, 0.25) is 5.91 Å². The number of benzene rings is 1. The Bertz CT molecular complexity index is 1130. The van der Waals surface area contributed by atoms with Gasteiger partial charge in [0.1, 0.15) is 18.0 Å². The average Bonchev–Trinajstić information content (AvgIpc) is 3.45. The molecule has 2 fully saturated rings. The molecule has 1 saturated heterocycles. The molecule has 2 aliphatic heterocycles. The second-order valence-electron chi connectivity index (χ2n) is 9.58. The summed E-state index contributed by atoms with van der Waals surface area (Å²) < 4.78 is 16.6. The van der Waals surface area contributed by atoms with Gasteiger partial charge in [-0.25, -0.2) is 5.01 Å². The van der Waals surface area contributed by atoms with Crippen LogP contribution in [0.15, 0.2) is 40.8 Å². The first-order valence-electron chi connectivity index (χ1n) is 12.8. The summed E-state index contributed by atoms with van der Waals surface area (Å²) in [7, 11) is 3.24. The van der Waals surface area contributed by atoms with E-state index >= 15 is 0 Å². The van der Waals surface area contributed by atoms with E-state index in [0.29, 0.717) is 37.7 Å². The van der Waals surface area contributed by atoms with Gasteiger partial charge in [0.05, 0.1) is 44.1 Å². The lowest BCUT2D eigenvalue weighted by atomic mass is 9.99. The molecule has 3 heterocycles. The lowest BCUT2D eigenvalue weighted by Gasteiger charge is -2.31. The molecule has 1 aromatic heterocycles. The van der Waals surface area contributed by atoms with E-state index in [4.69, 9.17) is 19.3 Å². The number of morpholine rings is 1. The van der Waals surface area contributed by atoms with Crippen LogP contribution < -0.4 is 9.47 Å². The molecule has 1 aromatic carbocycles. The molecular weight excluding hydrogens is 492 g/mol. The maximum atomic E-state index is 13.8. The zero-order chi connectivity index (χ0) is 25.8. The topological polar surface area (TPSA) is 83.9 Å². The molecule has 198 valence electrons. The summed E-state index contributed by atoms with van der Waals surface area (Å²) in [6.07, 6.45) is 2.35. The molecule has 0 unspecified atom stereocenters. The van der Waals surface area contributed by atoms with Crippen molar-refractivity contribution in [1.29, 1.82) is 0 Å². The standard InChI is InChI=1S/C27H34N4O5S/c1-34-20-7-8-24(35-2)21(16-20)23-17-22(25-4-3-15-37-25)28-31(23)26(32)18-30(27(33)19-5-6-19)10-9-29-11-13-36-14-12-29/h3-4,7-8,15-16,19,23H,5-6,9-14,17-18H2,1-2H3/t23-/m0/s1. The quantitative estimate of drug-likeness (QED) is 0.473. The Morgan fingerprint density at radius 1 is 1.16 bits per heavy atom. The molecule has 3 aliphatic rings. The van der Waals surface area contributed by atoms with Gasteiger partial charge in [0.15, 0.2) is 0 Å². The Morgan fingerprint density at radius 2 is 1.97 bits per heavy atom. The van der Waals surface area contributed by atoms with E-state index in [-0.39, 0.29) is 30.3 Å². The van der Waals surface area contributed by atoms with Gasteiger partial charge in [0, 0.05) is 44.1 Å². The predicted octanol–water partition coefficient (Wildman–Crippen LogP) is 3.01. The number of hydrogen-bond donors (Lipinski definition) is 0. The Hall–Kier alpha value is -2.95. The molecule has 1 atom stereocenters. The highest BCUT2D eigenvalue weighted by molar-refractivity contribution is 7.12. The molecule has 37 heavy (non-hydrogen) atoms. The van der Waals surface area contributed by atoms with Crippen LogP contribution in [0.2, 0.25) is 0 Å². The fraction of sp³-hybridized carbons (Fsp3) is 0.519. The van der Waals surface area contributed by atoms with Gasteiger partial charge in [-0.2, -0.15) is 5.10 Å². The normalized spacial score (nSPS) is 20.0. The number of nitrogens with zero attached hydrogens (tertiary/aromatic N) is 4. The third kappa shape index (κ3) is 5.97. The molecule has 1 saturated carbocycles. The van der Waals surface area contributed by atoms with E-state index in [2.05, 4.69) is 4.90 Å². The monoisotopic (exact) mass is 526 g/mol. The molecule has 0 radical (unpaired) electrons. The summed E-state index contributed by atoms with van der Waals surface area (Å²) >= 11 is 1.60. The van der Waals surface area contributed by atoms with Crippen molar-refractivity contribution in [2.45, 2.75) is 25.3 Å². The molecular formula is C27H34N4O5S. The third-order valence-electron chi connectivity index (χ3n) is 7.12. The van der Waals surface area contributed by atoms with Crippen molar-refractivity contribution in [2.75, 3.05) is 60.2 Å². The molecule has 1 aliphatic carbocycles. The van der Waals surface area contributed by atoms with Crippen molar-refractivity contribution < 1.29 is 23.8 Å². The second-order valence-corrected chi connectivity index (χ2v) is 10.5. The summed E-state index contributed by atoms with van der Waals surface area (Å²) in [4.78, 5) is 32.0. The first kappa shape index (κ1) is 25.7. The molecule has 2 amide bonds. The van der Waals surface area contributed by atoms with Crippen molar-refractivity contribution >= 4 is 28.9 Å². The van der Waals surface area contributed by atoms with Crippen LogP contribution in [0.3, 0.4) is 0 Å². The summed E-state index contributed by atoms with van der Waals surface area (Å²) in [5, 5.41) is 8.35. The van der Waals surface area contributed by atoms with Crippen LogP contribution in [-0.4, -0.2) is 92.5 Å². The summed E-state index contributed by atoms with van der Waals surface area (Å²) in [5.74, 6) is 1.26. The van der Waals surface area contributed by atoms with Crippen LogP contribution in [0.25, 0.3) is 0 Å². The first-order chi connectivity index (χ1) is 18.1. The Labute approximate surface area is 221 Å². The largest absolute Gasteiger partial charge is 0.497 e. The molecule has 10 heteroatoms. The van der Waals surface area contributed by atoms with Gasteiger partial charge in [-0.15, -0.1) is 11.3 Å². The number of ether oxygens (including phenoxy) is 3. The minimum absolute atomic E-state index is 0.00365. The smallest absolute Gasteiger partial charge is 0.262 e.